The zero-order valence-corrected chi connectivity index (χ0v) is 20.8. The number of imide groups is 1. The van der Waals surface area contributed by atoms with Gasteiger partial charge in [-0.2, -0.15) is 0 Å². The first-order valence-corrected chi connectivity index (χ1v) is 13.7. The van der Waals surface area contributed by atoms with Gasteiger partial charge in [-0.1, -0.05) is 29.8 Å². The van der Waals surface area contributed by atoms with E-state index in [1.165, 1.54) is 9.78 Å². The van der Waals surface area contributed by atoms with Crippen LogP contribution in [0.1, 0.15) is 28.3 Å². The Morgan fingerprint density at radius 2 is 1.68 bits per heavy atom. The number of hydrogen-bond donors (Lipinski definition) is 2. The summed E-state index contributed by atoms with van der Waals surface area (Å²) in [6, 6.07) is 15.1. The van der Waals surface area contributed by atoms with E-state index in [4.69, 9.17) is 12.2 Å². The number of aromatic hydroxyl groups is 1. The lowest BCUT2D eigenvalue weighted by Crippen LogP contribution is -2.42. The van der Waals surface area contributed by atoms with Crippen molar-refractivity contribution in [2.75, 3.05) is 4.90 Å². The highest BCUT2D eigenvalue weighted by atomic mass is 32.2. The van der Waals surface area contributed by atoms with Crippen LogP contribution < -0.4 is 4.90 Å². The van der Waals surface area contributed by atoms with Crippen molar-refractivity contribution in [3.8, 4) is 5.75 Å². The number of H-pyrrole nitrogens is 1. The Labute approximate surface area is 210 Å². The van der Waals surface area contributed by atoms with E-state index in [0.29, 0.717) is 5.69 Å². The van der Waals surface area contributed by atoms with Crippen LogP contribution in [0.2, 0.25) is 0 Å². The minimum atomic E-state index is -0.256. The summed E-state index contributed by atoms with van der Waals surface area (Å²) in [5, 5.41) is 11.2. The Bertz CT molecular complexity index is 1390. The van der Waals surface area contributed by atoms with Crippen LogP contribution in [0.3, 0.4) is 0 Å². The Morgan fingerprint density at radius 1 is 1.00 bits per heavy atom. The second-order valence-corrected chi connectivity index (χ2v) is 12.8. The quantitative estimate of drug-likeness (QED) is 0.355. The molecule has 2 amide bonds. The van der Waals surface area contributed by atoms with Gasteiger partial charge < -0.3 is 10.1 Å². The van der Waals surface area contributed by atoms with Crippen molar-refractivity contribution < 1.29 is 14.7 Å². The van der Waals surface area contributed by atoms with Gasteiger partial charge in [0.25, 0.3) is 0 Å². The van der Waals surface area contributed by atoms with E-state index >= 15 is 0 Å². The predicted molar refractivity (Wildman–Crippen MR) is 135 cm³/mol. The van der Waals surface area contributed by atoms with E-state index in [-0.39, 0.29) is 58.3 Å². The van der Waals surface area contributed by atoms with E-state index in [1.807, 2.05) is 55.1 Å². The molecule has 7 rings (SSSR count). The largest absolute Gasteiger partial charge is 0.508 e. The van der Waals surface area contributed by atoms with E-state index in [9.17, 15) is 14.7 Å². The molecule has 2 N–H and O–H groups in total. The summed E-state index contributed by atoms with van der Waals surface area (Å²) < 4.78 is 0.756. The number of nitrogens with zero attached hydrogens (tertiary/aromatic N) is 1. The third-order valence-electron chi connectivity index (χ3n) is 8.27. The first-order valence-electron chi connectivity index (χ1n) is 11.6. The summed E-state index contributed by atoms with van der Waals surface area (Å²) >= 11 is 8.94. The molecule has 1 aromatic heterocycles. The zero-order valence-electron chi connectivity index (χ0n) is 18.3. The van der Waals surface area contributed by atoms with Gasteiger partial charge in [-0.3, -0.25) is 14.5 Å². The van der Waals surface area contributed by atoms with Gasteiger partial charge in [0.1, 0.15) is 5.75 Å². The number of aryl methyl sites for hydroxylation is 1. The fourth-order valence-corrected chi connectivity index (χ4v) is 10.4. The number of thiazole rings is 1. The standard InChI is InChI=1S/C26H22N2O3S3/c1-11-2-6-13(7-3-11)28-24(30)19-15-10-16(20(19)25(28)31)21-18(15)17(12-4-8-14(29)9-5-12)22-23(33-21)27-26(32)34-22/h2-9,15-21,29H,10H2,1H3,(H,27,32). The number of carbonyl (C=O) groups is 2. The third-order valence-corrected chi connectivity index (χ3v) is 11.2. The van der Waals surface area contributed by atoms with E-state index < -0.39 is 0 Å². The Balaban J connectivity index is 1.32. The van der Waals surface area contributed by atoms with Crippen LogP contribution in [0.5, 0.6) is 5.75 Å². The number of thioether (sulfide) groups is 1. The molecule has 2 bridgehead atoms. The smallest absolute Gasteiger partial charge is 0.238 e. The highest BCUT2D eigenvalue weighted by molar-refractivity contribution is 8.00. The minimum Gasteiger partial charge on any atom is -0.508 e. The van der Waals surface area contributed by atoms with Crippen molar-refractivity contribution in [3.63, 3.8) is 0 Å². The molecule has 7 unspecified atom stereocenters. The Morgan fingerprint density at radius 3 is 2.38 bits per heavy atom. The molecule has 1 saturated heterocycles. The number of fused-ring (bicyclic) bond motifs is 9. The summed E-state index contributed by atoms with van der Waals surface area (Å²) in [6.45, 7) is 2.00. The SMILES string of the molecule is Cc1ccc(N2C(=O)C3C4CC(C3C2=O)C2C(c3ccc(O)cc3)c3sc(=S)[nH]c3SC42)cc1. The second-order valence-electron chi connectivity index (χ2n) is 9.90. The number of aromatic nitrogens is 1. The first-order chi connectivity index (χ1) is 16.4. The van der Waals surface area contributed by atoms with Crippen LogP contribution in [0.25, 0.3) is 0 Å². The minimum absolute atomic E-state index is 0.0318. The van der Waals surface area contributed by atoms with Gasteiger partial charge in [0.2, 0.25) is 11.8 Å². The number of carbonyl (C=O) groups excluding carboxylic acids is 2. The van der Waals surface area contributed by atoms with Crippen LogP contribution in [0, 0.1) is 40.5 Å². The highest BCUT2D eigenvalue weighted by Gasteiger charge is 2.69. The lowest BCUT2D eigenvalue weighted by molar-refractivity contribution is -0.123. The van der Waals surface area contributed by atoms with E-state index in [1.54, 1.807) is 23.5 Å². The zero-order chi connectivity index (χ0) is 23.3. The third kappa shape index (κ3) is 2.76. The van der Waals surface area contributed by atoms with Crippen molar-refractivity contribution in [3.05, 3.63) is 68.5 Å². The fourth-order valence-electron chi connectivity index (χ4n) is 7.02. The molecule has 0 spiro atoms. The molecule has 2 aliphatic heterocycles. The highest BCUT2D eigenvalue weighted by Crippen LogP contribution is 2.69. The molecule has 34 heavy (non-hydrogen) atoms. The lowest BCUT2D eigenvalue weighted by Gasteiger charge is -2.43. The number of nitrogens with one attached hydrogen (secondary N) is 1. The molecule has 172 valence electrons. The number of hydrogen-bond acceptors (Lipinski definition) is 6. The summed E-state index contributed by atoms with van der Waals surface area (Å²) in [5.74, 6) is 0.364. The van der Waals surface area contributed by atoms with Crippen molar-refractivity contribution in [1.29, 1.82) is 0 Å². The van der Waals surface area contributed by atoms with E-state index in [0.717, 1.165) is 26.5 Å². The fraction of sp³-hybridized carbons (Fsp3) is 0.346. The molecule has 0 radical (unpaired) electrons. The average Bonchev–Trinajstić information content (AvgIpc) is 3.54. The normalized spacial score (nSPS) is 33.2. The number of phenols is 1. The number of aromatic amines is 1. The summed E-state index contributed by atoms with van der Waals surface area (Å²) in [7, 11) is 0. The molecular formula is C26H22N2O3S3. The maximum absolute atomic E-state index is 13.7. The second kappa shape index (κ2) is 7.29. The summed E-state index contributed by atoms with van der Waals surface area (Å²) in [4.78, 5) is 33.4. The van der Waals surface area contributed by atoms with Gasteiger partial charge in [-0.05, 0) is 73.1 Å². The number of benzene rings is 2. The van der Waals surface area contributed by atoms with Crippen molar-refractivity contribution in [2.45, 2.75) is 29.5 Å². The average molecular weight is 507 g/mol. The van der Waals surface area contributed by atoms with Crippen LogP contribution in [-0.2, 0) is 9.59 Å². The predicted octanol–water partition coefficient (Wildman–Crippen LogP) is 5.50. The molecule has 4 aliphatic rings. The van der Waals surface area contributed by atoms with Gasteiger partial charge in [0, 0.05) is 16.0 Å². The van der Waals surface area contributed by atoms with Crippen LogP contribution in [0.15, 0.2) is 53.6 Å². The van der Waals surface area contributed by atoms with E-state index in [2.05, 4.69) is 4.98 Å². The topological polar surface area (TPSA) is 73.4 Å². The van der Waals surface area contributed by atoms with Gasteiger partial charge in [0.05, 0.1) is 22.5 Å². The molecule has 8 heteroatoms. The summed E-state index contributed by atoms with van der Waals surface area (Å²) in [5.41, 5.74) is 2.92. The van der Waals surface area contributed by atoms with Crippen molar-refractivity contribution in [2.24, 2.45) is 29.6 Å². The van der Waals surface area contributed by atoms with Crippen LogP contribution in [0.4, 0.5) is 5.69 Å². The molecule has 2 aliphatic carbocycles. The molecule has 7 atom stereocenters. The maximum Gasteiger partial charge on any atom is 0.238 e. The van der Waals surface area contributed by atoms with Crippen LogP contribution >= 0.6 is 35.3 Å². The first kappa shape index (κ1) is 20.9. The van der Waals surface area contributed by atoms with Gasteiger partial charge >= 0.3 is 0 Å². The molecule has 2 aromatic carbocycles. The van der Waals surface area contributed by atoms with Gasteiger partial charge in [-0.15, -0.1) is 23.1 Å². The molecule has 2 saturated carbocycles. The van der Waals surface area contributed by atoms with Crippen molar-refractivity contribution in [1.82, 2.24) is 4.98 Å². The maximum atomic E-state index is 13.7. The van der Waals surface area contributed by atoms with Crippen LogP contribution in [-0.4, -0.2) is 27.2 Å². The molecule has 3 aromatic rings. The molecule has 5 nitrogen and oxygen atoms in total. The Hall–Kier alpha value is -2.42. The number of anilines is 1. The lowest BCUT2D eigenvalue weighted by atomic mass is 9.68. The molecule has 3 fully saturated rings. The molecule has 3 heterocycles. The number of phenolic OH excluding ortho intramolecular Hbond substituents is 1. The summed E-state index contributed by atoms with van der Waals surface area (Å²) in [6.07, 6.45) is 0.918. The van der Waals surface area contributed by atoms with Gasteiger partial charge in [-0.25, -0.2) is 0 Å². The van der Waals surface area contributed by atoms with Crippen molar-refractivity contribution >= 4 is 52.8 Å². The number of rotatable bonds is 2. The van der Waals surface area contributed by atoms with Gasteiger partial charge in [0.15, 0.2) is 3.95 Å². The molecular weight excluding hydrogens is 484 g/mol. The number of amides is 2. The Kier molecular flexibility index (Phi) is 4.48. The monoisotopic (exact) mass is 506 g/mol.